The highest BCUT2D eigenvalue weighted by Crippen LogP contribution is 2.17. The van der Waals surface area contributed by atoms with Crippen LogP contribution in [-0.2, 0) is 0 Å². The lowest BCUT2D eigenvalue weighted by molar-refractivity contribution is 0.471. The predicted octanol–water partition coefficient (Wildman–Crippen LogP) is 3.58. The molecule has 0 aliphatic heterocycles. The topological polar surface area (TPSA) is 32.3 Å². The number of phenols is 1. The van der Waals surface area contributed by atoms with E-state index in [1.54, 1.807) is 6.07 Å². The standard InChI is InChI=1S/C14H23NOS/c1-12(13-7-6-8-14(16)11-13)15-9-4-3-5-10-17-2/h6-8,11-12,15-16H,3-5,9-10H2,1-2H3. The van der Waals surface area contributed by atoms with Gasteiger partial charge in [-0.05, 0) is 56.0 Å². The Kier molecular flexibility index (Phi) is 7.13. The number of hydrogen-bond donors (Lipinski definition) is 2. The molecule has 1 aromatic rings. The average Bonchev–Trinajstić information content (AvgIpc) is 2.33. The molecule has 0 aliphatic rings. The van der Waals surface area contributed by atoms with E-state index in [1.165, 1.54) is 25.0 Å². The van der Waals surface area contributed by atoms with E-state index in [-0.39, 0.29) is 0 Å². The van der Waals surface area contributed by atoms with Gasteiger partial charge in [-0.2, -0.15) is 11.8 Å². The average molecular weight is 253 g/mol. The number of thioether (sulfide) groups is 1. The summed E-state index contributed by atoms with van der Waals surface area (Å²) in [4.78, 5) is 0. The SMILES string of the molecule is CSCCCCCNC(C)c1cccc(O)c1. The number of rotatable bonds is 8. The van der Waals surface area contributed by atoms with Gasteiger partial charge in [-0.25, -0.2) is 0 Å². The van der Waals surface area contributed by atoms with Crippen molar-refractivity contribution in [2.24, 2.45) is 0 Å². The highest BCUT2D eigenvalue weighted by Gasteiger charge is 2.04. The maximum Gasteiger partial charge on any atom is 0.115 e. The van der Waals surface area contributed by atoms with Gasteiger partial charge in [-0.15, -0.1) is 0 Å². The van der Waals surface area contributed by atoms with E-state index in [0.29, 0.717) is 11.8 Å². The molecule has 0 fully saturated rings. The number of phenolic OH excluding ortho intramolecular Hbond substituents is 1. The molecule has 0 aliphatic carbocycles. The molecule has 0 saturated heterocycles. The predicted molar refractivity (Wildman–Crippen MR) is 76.8 cm³/mol. The summed E-state index contributed by atoms with van der Waals surface area (Å²) in [6.07, 6.45) is 5.98. The second kappa shape index (κ2) is 8.43. The van der Waals surface area contributed by atoms with Crippen LogP contribution in [0.1, 0.15) is 37.8 Å². The summed E-state index contributed by atoms with van der Waals surface area (Å²) in [5, 5.41) is 12.9. The van der Waals surface area contributed by atoms with Gasteiger partial charge in [0.1, 0.15) is 5.75 Å². The highest BCUT2D eigenvalue weighted by atomic mass is 32.2. The Morgan fingerprint density at radius 3 is 2.82 bits per heavy atom. The van der Waals surface area contributed by atoms with E-state index in [2.05, 4.69) is 18.5 Å². The molecule has 0 radical (unpaired) electrons. The first-order valence-electron chi connectivity index (χ1n) is 6.25. The molecule has 2 nitrogen and oxygen atoms in total. The fourth-order valence-corrected chi connectivity index (χ4v) is 2.27. The Morgan fingerprint density at radius 1 is 1.29 bits per heavy atom. The molecule has 3 heteroatoms. The quantitative estimate of drug-likeness (QED) is 0.695. The molecule has 1 aromatic carbocycles. The van der Waals surface area contributed by atoms with Gasteiger partial charge >= 0.3 is 0 Å². The van der Waals surface area contributed by atoms with Crippen LogP contribution >= 0.6 is 11.8 Å². The largest absolute Gasteiger partial charge is 0.508 e. The molecule has 2 N–H and O–H groups in total. The van der Waals surface area contributed by atoms with Crippen molar-refractivity contribution in [3.8, 4) is 5.75 Å². The third kappa shape index (κ3) is 5.99. The molecular formula is C14H23NOS. The van der Waals surface area contributed by atoms with Crippen molar-refractivity contribution in [2.75, 3.05) is 18.6 Å². The zero-order valence-electron chi connectivity index (χ0n) is 10.8. The van der Waals surface area contributed by atoms with Crippen LogP contribution in [-0.4, -0.2) is 23.7 Å². The summed E-state index contributed by atoms with van der Waals surface area (Å²) in [7, 11) is 0. The van der Waals surface area contributed by atoms with E-state index < -0.39 is 0 Å². The molecule has 96 valence electrons. The zero-order valence-corrected chi connectivity index (χ0v) is 11.6. The van der Waals surface area contributed by atoms with Gasteiger partial charge in [0.05, 0.1) is 0 Å². The molecular weight excluding hydrogens is 230 g/mol. The smallest absolute Gasteiger partial charge is 0.115 e. The molecule has 0 heterocycles. The molecule has 0 amide bonds. The third-order valence-corrected chi connectivity index (χ3v) is 3.54. The van der Waals surface area contributed by atoms with Crippen LogP contribution in [0.15, 0.2) is 24.3 Å². The first-order chi connectivity index (χ1) is 8.24. The Hall–Kier alpha value is -0.670. The maximum atomic E-state index is 9.40. The summed E-state index contributed by atoms with van der Waals surface area (Å²) in [6.45, 7) is 3.18. The molecule has 0 aromatic heterocycles. The number of aromatic hydroxyl groups is 1. The normalized spacial score (nSPS) is 12.6. The van der Waals surface area contributed by atoms with E-state index in [0.717, 1.165) is 12.1 Å². The fraction of sp³-hybridized carbons (Fsp3) is 0.571. The van der Waals surface area contributed by atoms with Crippen LogP contribution in [0, 0.1) is 0 Å². The van der Waals surface area contributed by atoms with Crippen LogP contribution in [0.4, 0.5) is 0 Å². The second-order valence-electron chi connectivity index (χ2n) is 4.32. The second-order valence-corrected chi connectivity index (χ2v) is 5.31. The Balaban J connectivity index is 2.19. The van der Waals surface area contributed by atoms with Crippen LogP contribution in [0.5, 0.6) is 5.75 Å². The van der Waals surface area contributed by atoms with Gasteiger partial charge in [0.2, 0.25) is 0 Å². The first kappa shape index (κ1) is 14.4. The lowest BCUT2D eigenvalue weighted by atomic mass is 10.1. The van der Waals surface area contributed by atoms with Crippen LogP contribution in [0.3, 0.4) is 0 Å². The lowest BCUT2D eigenvalue weighted by Crippen LogP contribution is -2.19. The Bertz CT molecular complexity index is 317. The summed E-state index contributed by atoms with van der Waals surface area (Å²) < 4.78 is 0. The van der Waals surface area contributed by atoms with Gasteiger partial charge in [0, 0.05) is 6.04 Å². The summed E-state index contributed by atoms with van der Waals surface area (Å²) in [5.41, 5.74) is 1.15. The summed E-state index contributed by atoms with van der Waals surface area (Å²) >= 11 is 1.92. The molecule has 0 spiro atoms. The number of nitrogens with one attached hydrogen (secondary N) is 1. The fourth-order valence-electron chi connectivity index (χ4n) is 1.78. The van der Waals surface area contributed by atoms with Gasteiger partial charge in [-0.3, -0.25) is 0 Å². The first-order valence-corrected chi connectivity index (χ1v) is 7.64. The van der Waals surface area contributed by atoms with Gasteiger partial charge in [0.15, 0.2) is 0 Å². The minimum absolute atomic E-state index is 0.308. The number of benzene rings is 1. The van der Waals surface area contributed by atoms with Crippen LogP contribution in [0.2, 0.25) is 0 Å². The van der Waals surface area contributed by atoms with E-state index in [9.17, 15) is 5.11 Å². The van der Waals surface area contributed by atoms with Crippen molar-refractivity contribution in [3.63, 3.8) is 0 Å². The molecule has 1 rings (SSSR count). The molecule has 1 unspecified atom stereocenters. The van der Waals surface area contributed by atoms with Crippen LogP contribution in [0.25, 0.3) is 0 Å². The van der Waals surface area contributed by atoms with E-state index >= 15 is 0 Å². The molecule has 17 heavy (non-hydrogen) atoms. The van der Waals surface area contributed by atoms with Gasteiger partial charge in [0.25, 0.3) is 0 Å². The zero-order chi connectivity index (χ0) is 12.5. The third-order valence-electron chi connectivity index (χ3n) is 2.85. The van der Waals surface area contributed by atoms with Crippen molar-refractivity contribution < 1.29 is 5.11 Å². The summed E-state index contributed by atoms with van der Waals surface area (Å²) in [6, 6.07) is 7.78. The maximum absolute atomic E-state index is 9.40. The Labute approximate surface area is 109 Å². The highest BCUT2D eigenvalue weighted by molar-refractivity contribution is 7.98. The van der Waals surface area contributed by atoms with Crippen molar-refractivity contribution in [1.29, 1.82) is 0 Å². The Morgan fingerprint density at radius 2 is 2.12 bits per heavy atom. The number of hydrogen-bond acceptors (Lipinski definition) is 3. The van der Waals surface area contributed by atoms with Gasteiger partial charge in [-0.1, -0.05) is 18.6 Å². The van der Waals surface area contributed by atoms with E-state index in [4.69, 9.17) is 0 Å². The van der Waals surface area contributed by atoms with Crippen molar-refractivity contribution >= 4 is 11.8 Å². The van der Waals surface area contributed by atoms with Crippen molar-refractivity contribution in [1.82, 2.24) is 5.32 Å². The van der Waals surface area contributed by atoms with Crippen molar-refractivity contribution in [3.05, 3.63) is 29.8 Å². The molecule has 0 bridgehead atoms. The summed E-state index contributed by atoms with van der Waals surface area (Å²) in [5.74, 6) is 1.61. The number of unbranched alkanes of at least 4 members (excludes halogenated alkanes) is 2. The lowest BCUT2D eigenvalue weighted by Gasteiger charge is -2.14. The monoisotopic (exact) mass is 253 g/mol. The molecule has 0 saturated carbocycles. The minimum atomic E-state index is 0.308. The minimum Gasteiger partial charge on any atom is -0.508 e. The van der Waals surface area contributed by atoms with E-state index in [1.807, 2.05) is 30.0 Å². The molecule has 1 atom stereocenters. The van der Waals surface area contributed by atoms with Crippen molar-refractivity contribution in [2.45, 2.75) is 32.2 Å². The van der Waals surface area contributed by atoms with Crippen LogP contribution < -0.4 is 5.32 Å². The van der Waals surface area contributed by atoms with Gasteiger partial charge < -0.3 is 10.4 Å².